The average Bonchev–Trinajstić information content (AvgIpc) is 2.95. The molecule has 190 valence electrons. The molecule has 0 fully saturated rings. The third kappa shape index (κ3) is 5.12. The van der Waals surface area contributed by atoms with Crippen LogP contribution < -0.4 is 10.6 Å². The Morgan fingerprint density at radius 2 is 1.24 bits per heavy atom. The summed E-state index contributed by atoms with van der Waals surface area (Å²) < 4.78 is 0. The lowest BCUT2D eigenvalue weighted by atomic mass is 10.1. The number of pyridine rings is 2. The Labute approximate surface area is 220 Å². The van der Waals surface area contributed by atoms with E-state index in [1.807, 2.05) is 84.9 Å². The highest BCUT2D eigenvalue weighted by Gasteiger charge is 2.16. The number of nitrogens with zero attached hydrogens (tertiary/aromatic N) is 3. The summed E-state index contributed by atoms with van der Waals surface area (Å²) in [5, 5.41) is 30.3. The standard InChI is InChI=1S/C31H28N4O3/c1-20(17-36)2-3-21-6-11-26(14-29(21)32)35(27-12-7-22-4-9-24(18-37)33-30(22)15-27)28-13-8-23-5-10-25(19-38)34-31(23)16-28/h2-16,36-38H,1,17-19,32H2/b3-2-. The van der Waals surface area contributed by atoms with Gasteiger partial charge in [0.05, 0.1) is 42.2 Å². The molecule has 2 aromatic heterocycles. The molecule has 0 aliphatic heterocycles. The minimum atomic E-state index is -0.137. The van der Waals surface area contributed by atoms with Crippen LogP contribution in [-0.4, -0.2) is 31.9 Å². The van der Waals surface area contributed by atoms with Crippen LogP contribution in [0.3, 0.4) is 0 Å². The summed E-state index contributed by atoms with van der Waals surface area (Å²) in [4.78, 5) is 11.3. The fraction of sp³-hybridized carbons (Fsp3) is 0.0968. The van der Waals surface area contributed by atoms with E-state index in [0.717, 1.165) is 44.4 Å². The molecule has 0 unspecified atom stereocenters. The summed E-state index contributed by atoms with van der Waals surface area (Å²) in [6.07, 6.45) is 3.57. The van der Waals surface area contributed by atoms with Crippen molar-refractivity contribution < 1.29 is 15.3 Å². The monoisotopic (exact) mass is 504 g/mol. The zero-order chi connectivity index (χ0) is 26.6. The topological polar surface area (TPSA) is 116 Å². The molecular formula is C31H28N4O3. The molecule has 0 amide bonds. The predicted octanol–water partition coefficient (Wildman–Crippen LogP) is 5.38. The molecular weight excluding hydrogens is 476 g/mol. The fourth-order valence-corrected chi connectivity index (χ4v) is 4.31. The van der Waals surface area contributed by atoms with E-state index in [1.54, 1.807) is 6.08 Å². The average molecular weight is 505 g/mol. The van der Waals surface area contributed by atoms with Crippen molar-refractivity contribution in [2.24, 2.45) is 0 Å². The van der Waals surface area contributed by atoms with Gasteiger partial charge in [-0.15, -0.1) is 0 Å². The summed E-state index contributed by atoms with van der Waals surface area (Å²) in [5.41, 5.74) is 13.7. The molecule has 0 aliphatic rings. The zero-order valence-electron chi connectivity index (χ0n) is 20.7. The van der Waals surface area contributed by atoms with Crippen molar-refractivity contribution in [2.75, 3.05) is 17.2 Å². The first-order valence-corrected chi connectivity index (χ1v) is 12.2. The van der Waals surface area contributed by atoms with Gasteiger partial charge in [0.2, 0.25) is 0 Å². The van der Waals surface area contributed by atoms with E-state index < -0.39 is 0 Å². The summed E-state index contributed by atoms with van der Waals surface area (Å²) in [6, 6.07) is 25.3. The van der Waals surface area contributed by atoms with Crippen molar-refractivity contribution in [1.82, 2.24) is 9.97 Å². The molecule has 0 saturated heterocycles. The van der Waals surface area contributed by atoms with Crippen molar-refractivity contribution in [3.63, 3.8) is 0 Å². The van der Waals surface area contributed by atoms with Crippen molar-refractivity contribution in [1.29, 1.82) is 0 Å². The number of benzene rings is 3. The molecule has 0 saturated carbocycles. The molecule has 0 spiro atoms. The predicted molar refractivity (Wildman–Crippen MR) is 153 cm³/mol. The van der Waals surface area contributed by atoms with E-state index in [4.69, 9.17) is 5.73 Å². The zero-order valence-corrected chi connectivity index (χ0v) is 20.7. The third-order valence-electron chi connectivity index (χ3n) is 6.34. The molecule has 0 atom stereocenters. The second-order valence-electron chi connectivity index (χ2n) is 8.97. The van der Waals surface area contributed by atoms with Gasteiger partial charge in [0, 0.05) is 33.5 Å². The number of anilines is 4. The van der Waals surface area contributed by atoms with Crippen LogP contribution in [0.1, 0.15) is 17.0 Å². The van der Waals surface area contributed by atoms with Gasteiger partial charge in [-0.05, 0) is 59.7 Å². The lowest BCUT2D eigenvalue weighted by molar-refractivity contribution is 0.277. The van der Waals surface area contributed by atoms with Crippen molar-refractivity contribution >= 4 is 50.6 Å². The van der Waals surface area contributed by atoms with E-state index in [-0.39, 0.29) is 19.8 Å². The molecule has 0 bridgehead atoms. The molecule has 38 heavy (non-hydrogen) atoms. The van der Waals surface area contributed by atoms with Crippen LogP contribution in [0.4, 0.5) is 22.7 Å². The summed E-state index contributed by atoms with van der Waals surface area (Å²) in [7, 11) is 0. The van der Waals surface area contributed by atoms with Gasteiger partial charge in [0.25, 0.3) is 0 Å². The van der Waals surface area contributed by atoms with Crippen molar-refractivity contribution in [3.8, 4) is 0 Å². The molecule has 3 aromatic carbocycles. The highest BCUT2D eigenvalue weighted by atomic mass is 16.3. The van der Waals surface area contributed by atoms with Gasteiger partial charge in [-0.2, -0.15) is 0 Å². The first-order chi connectivity index (χ1) is 18.5. The molecule has 7 nitrogen and oxygen atoms in total. The maximum absolute atomic E-state index is 9.59. The number of hydrogen-bond acceptors (Lipinski definition) is 7. The van der Waals surface area contributed by atoms with Crippen LogP contribution in [0.5, 0.6) is 0 Å². The normalized spacial score (nSPS) is 11.4. The van der Waals surface area contributed by atoms with E-state index in [2.05, 4.69) is 21.4 Å². The number of fused-ring (bicyclic) bond motifs is 2. The lowest BCUT2D eigenvalue weighted by Gasteiger charge is -2.26. The van der Waals surface area contributed by atoms with Gasteiger partial charge in [-0.1, -0.05) is 49.1 Å². The van der Waals surface area contributed by atoms with Crippen LogP contribution in [0.15, 0.2) is 97.1 Å². The quantitative estimate of drug-likeness (QED) is 0.166. The molecule has 0 aliphatic carbocycles. The summed E-state index contributed by atoms with van der Waals surface area (Å²) in [6.45, 7) is 3.39. The highest BCUT2D eigenvalue weighted by Crippen LogP contribution is 2.38. The third-order valence-corrected chi connectivity index (χ3v) is 6.34. The summed E-state index contributed by atoms with van der Waals surface area (Å²) >= 11 is 0. The maximum atomic E-state index is 9.59. The Bertz CT molecular complexity index is 1590. The molecule has 0 radical (unpaired) electrons. The molecule has 5 N–H and O–H groups in total. The highest BCUT2D eigenvalue weighted by molar-refractivity contribution is 5.91. The van der Waals surface area contributed by atoms with E-state index in [0.29, 0.717) is 22.6 Å². The minimum Gasteiger partial charge on any atom is -0.398 e. The van der Waals surface area contributed by atoms with Gasteiger partial charge in [0.15, 0.2) is 0 Å². The fourth-order valence-electron chi connectivity index (χ4n) is 4.31. The largest absolute Gasteiger partial charge is 0.398 e. The summed E-state index contributed by atoms with van der Waals surface area (Å²) in [5.74, 6) is 0. The number of aliphatic hydroxyl groups excluding tert-OH is 3. The van der Waals surface area contributed by atoms with Crippen LogP contribution in [-0.2, 0) is 13.2 Å². The van der Waals surface area contributed by atoms with Crippen LogP contribution >= 0.6 is 0 Å². The molecule has 7 heteroatoms. The second kappa shape index (κ2) is 10.8. The Morgan fingerprint density at radius 1 is 0.737 bits per heavy atom. The van der Waals surface area contributed by atoms with Crippen molar-refractivity contribution in [3.05, 3.63) is 114 Å². The maximum Gasteiger partial charge on any atom is 0.0853 e. The molecule has 2 heterocycles. The number of aromatic nitrogens is 2. The van der Waals surface area contributed by atoms with Crippen LogP contribution in [0.25, 0.3) is 27.9 Å². The molecule has 5 aromatic rings. The van der Waals surface area contributed by atoms with Crippen molar-refractivity contribution in [2.45, 2.75) is 13.2 Å². The molecule has 5 rings (SSSR count). The van der Waals surface area contributed by atoms with Gasteiger partial charge >= 0.3 is 0 Å². The van der Waals surface area contributed by atoms with Crippen LogP contribution in [0.2, 0.25) is 0 Å². The van der Waals surface area contributed by atoms with E-state index in [1.165, 1.54) is 0 Å². The Morgan fingerprint density at radius 3 is 1.74 bits per heavy atom. The SMILES string of the molecule is C=C(/C=C\c1ccc(N(c2ccc3ccc(CO)nc3c2)c2ccc3ccc(CO)nc3c2)cc1N)CO. The van der Waals surface area contributed by atoms with Gasteiger partial charge in [-0.25, -0.2) is 0 Å². The Balaban J connectivity index is 1.67. The smallest absolute Gasteiger partial charge is 0.0853 e. The first kappa shape index (κ1) is 25.1. The minimum absolute atomic E-state index is 0.121. The van der Waals surface area contributed by atoms with Gasteiger partial charge in [-0.3, -0.25) is 9.97 Å². The number of nitrogen functional groups attached to an aromatic ring is 1. The lowest BCUT2D eigenvalue weighted by Crippen LogP contribution is -2.11. The number of rotatable bonds is 8. The van der Waals surface area contributed by atoms with Gasteiger partial charge in [0.1, 0.15) is 0 Å². The second-order valence-corrected chi connectivity index (χ2v) is 8.97. The van der Waals surface area contributed by atoms with Crippen LogP contribution in [0, 0.1) is 0 Å². The van der Waals surface area contributed by atoms with E-state index >= 15 is 0 Å². The number of aliphatic hydroxyl groups is 3. The Kier molecular flexibility index (Phi) is 7.15. The number of hydrogen-bond donors (Lipinski definition) is 4. The van der Waals surface area contributed by atoms with Gasteiger partial charge < -0.3 is 26.0 Å². The van der Waals surface area contributed by atoms with E-state index in [9.17, 15) is 15.3 Å². The first-order valence-electron chi connectivity index (χ1n) is 12.2. The Hall–Kier alpha value is -4.56. The number of nitrogens with two attached hydrogens (primary N) is 1.